The summed E-state index contributed by atoms with van der Waals surface area (Å²) in [5.41, 5.74) is 0.251. The molecule has 20 heavy (non-hydrogen) atoms. The molecule has 0 amide bonds. The van der Waals surface area contributed by atoms with E-state index in [-0.39, 0.29) is 10.8 Å². The van der Waals surface area contributed by atoms with Crippen molar-refractivity contribution >= 4 is 11.6 Å². The van der Waals surface area contributed by atoms with Gasteiger partial charge in [0, 0.05) is 13.1 Å². The van der Waals surface area contributed by atoms with Crippen LogP contribution in [0.2, 0.25) is 5.02 Å². The predicted octanol–water partition coefficient (Wildman–Crippen LogP) is 3.34. The Hall–Kier alpha value is -0.910. The molecule has 1 fully saturated rings. The molecule has 0 radical (unpaired) electrons. The average Bonchev–Trinajstić information content (AvgIpc) is 2.79. The Balaban J connectivity index is 1.85. The summed E-state index contributed by atoms with van der Waals surface area (Å²) < 4.78 is 28.5. The number of halogens is 3. The van der Waals surface area contributed by atoms with E-state index in [9.17, 15) is 13.9 Å². The summed E-state index contributed by atoms with van der Waals surface area (Å²) >= 11 is 5.87. The minimum absolute atomic E-state index is 0.0279. The molecule has 0 aliphatic heterocycles. The molecule has 0 aromatic heterocycles. The van der Waals surface area contributed by atoms with Gasteiger partial charge in [-0.3, -0.25) is 0 Å². The van der Waals surface area contributed by atoms with E-state index in [2.05, 4.69) is 10.1 Å². The number of nitrogens with one attached hydrogen (secondary N) is 1. The highest BCUT2D eigenvalue weighted by molar-refractivity contribution is 6.32. The fourth-order valence-corrected chi connectivity index (χ4v) is 2.74. The summed E-state index contributed by atoms with van der Waals surface area (Å²) in [7, 11) is 0. The van der Waals surface area contributed by atoms with Crippen LogP contribution in [0.4, 0.5) is 8.78 Å². The molecule has 3 nitrogen and oxygen atoms in total. The molecule has 0 bridgehead atoms. The lowest BCUT2D eigenvalue weighted by molar-refractivity contribution is -0.0498. The Morgan fingerprint density at radius 1 is 1.35 bits per heavy atom. The normalized spacial score (nSPS) is 17.6. The summed E-state index contributed by atoms with van der Waals surface area (Å²) in [6.45, 7) is -1.83. The van der Waals surface area contributed by atoms with Crippen molar-refractivity contribution in [1.29, 1.82) is 0 Å². The second kappa shape index (κ2) is 6.70. The Morgan fingerprint density at radius 2 is 2.05 bits per heavy atom. The van der Waals surface area contributed by atoms with E-state index in [1.165, 1.54) is 6.07 Å². The lowest BCUT2D eigenvalue weighted by Gasteiger charge is -2.22. The van der Waals surface area contributed by atoms with E-state index >= 15 is 0 Å². The number of rotatable bonds is 6. The first-order chi connectivity index (χ1) is 9.48. The second-order valence-corrected chi connectivity index (χ2v) is 5.59. The standard InChI is InChI=1S/C14H18ClF2NO2/c15-11-7-10(3-4-12(11)20-13(16)17)8-18-9-14(19)5-1-2-6-14/h3-4,7,13,18-19H,1-2,5-6,8-9H2. The van der Waals surface area contributed by atoms with Gasteiger partial charge in [0.15, 0.2) is 0 Å². The van der Waals surface area contributed by atoms with E-state index in [0.717, 1.165) is 31.2 Å². The topological polar surface area (TPSA) is 41.5 Å². The maximum atomic E-state index is 12.1. The first kappa shape index (κ1) is 15.5. The van der Waals surface area contributed by atoms with Crippen LogP contribution >= 0.6 is 11.6 Å². The van der Waals surface area contributed by atoms with Crippen LogP contribution in [0, 0.1) is 0 Å². The molecule has 1 aromatic carbocycles. The number of benzene rings is 1. The van der Waals surface area contributed by atoms with E-state index in [4.69, 9.17) is 11.6 Å². The first-order valence-corrected chi connectivity index (χ1v) is 7.03. The summed E-state index contributed by atoms with van der Waals surface area (Å²) in [6, 6.07) is 4.69. The van der Waals surface area contributed by atoms with Crippen LogP contribution in [0.1, 0.15) is 31.2 Å². The molecule has 1 aromatic rings. The van der Waals surface area contributed by atoms with Crippen molar-refractivity contribution in [2.45, 2.75) is 44.4 Å². The number of alkyl halides is 2. The largest absolute Gasteiger partial charge is 0.433 e. The molecule has 1 aliphatic carbocycles. The van der Waals surface area contributed by atoms with Crippen LogP contribution in [-0.2, 0) is 6.54 Å². The monoisotopic (exact) mass is 305 g/mol. The quantitative estimate of drug-likeness (QED) is 0.847. The minimum atomic E-state index is -2.88. The zero-order valence-electron chi connectivity index (χ0n) is 11.0. The van der Waals surface area contributed by atoms with Gasteiger partial charge in [0.1, 0.15) is 5.75 Å². The van der Waals surface area contributed by atoms with Gasteiger partial charge in [-0.25, -0.2) is 0 Å². The van der Waals surface area contributed by atoms with Crippen LogP contribution in [-0.4, -0.2) is 23.9 Å². The van der Waals surface area contributed by atoms with Crippen LogP contribution in [0.25, 0.3) is 0 Å². The van der Waals surface area contributed by atoms with Gasteiger partial charge in [-0.15, -0.1) is 0 Å². The van der Waals surface area contributed by atoms with Crippen molar-refractivity contribution in [3.63, 3.8) is 0 Å². The number of aliphatic hydroxyl groups is 1. The zero-order valence-corrected chi connectivity index (χ0v) is 11.8. The van der Waals surface area contributed by atoms with Gasteiger partial charge in [0.25, 0.3) is 0 Å². The first-order valence-electron chi connectivity index (χ1n) is 6.65. The molecule has 6 heteroatoms. The van der Waals surface area contributed by atoms with Gasteiger partial charge < -0.3 is 15.2 Å². The van der Waals surface area contributed by atoms with Crippen molar-refractivity contribution in [3.8, 4) is 5.75 Å². The van der Waals surface area contributed by atoms with Crippen molar-refractivity contribution in [2.75, 3.05) is 6.54 Å². The second-order valence-electron chi connectivity index (χ2n) is 5.18. The maximum Gasteiger partial charge on any atom is 0.387 e. The molecule has 112 valence electrons. The Bertz CT molecular complexity index is 451. The average molecular weight is 306 g/mol. The summed E-state index contributed by atoms with van der Waals surface area (Å²) in [5.74, 6) is -0.0279. The minimum Gasteiger partial charge on any atom is -0.433 e. The van der Waals surface area contributed by atoms with Crippen LogP contribution in [0.3, 0.4) is 0 Å². The summed E-state index contributed by atoms with van der Waals surface area (Å²) in [5, 5.41) is 13.5. The molecule has 1 aliphatic rings. The van der Waals surface area contributed by atoms with Gasteiger partial charge in [-0.1, -0.05) is 30.5 Å². The molecule has 0 atom stereocenters. The molecule has 0 heterocycles. The van der Waals surface area contributed by atoms with E-state index in [1.807, 2.05) is 0 Å². The van der Waals surface area contributed by atoms with Crippen molar-refractivity contribution in [1.82, 2.24) is 5.32 Å². The van der Waals surface area contributed by atoms with Crippen molar-refractivity contribution in [3.05, 3.63) is 28.8 Å². The Kier molecular flexibility index (Phi) is 5.18. The van der Waals surface area contributed by atoms with Crippen LogP contribution < -0.4 is 10.1 Å². The fraction of sp³-hybridized carbons (Fsp3) is 0.571. The third kappa shape index (κ3) is 4.30. The third-order valence-electron chi connectivity index (χ3n) is 3.53. The maximum absolute atomic E-state index is 12.1. The molecular formula is C14H18ClF2NO2. The summed E-state index contributed by atoms with van der Waals surface area (Å²) in [4.78, 5) is 0. The van der Waals surface area contributed by atoms with Crippen LogP contribution in [0.5, 0.6) is 5.75 Å². The molecule has 1 saturated carbocycles. The lowest BCUT2D eigenvalue weighted by Crippen LogP contribution is -2.37. The Morgan fingerprint density at radius 3 is 2.65 bits per heavy atom. The molecule has 0 saturated heterocycles. The van der Waals surface area contributed by atoms with Gasteiger partial charge in [0.05, 0.1) is 10.6 Å². The smallest absolute Gasteiger partial charge is 0.387 e. The highest BCUT2D eigenvalue weighted by atomic mass is 35.5. The van der Waals surface area contributed by atoms with Gasteiger partial charge >= 0.3 is 6.61 Å². The summed E-state index contributed by atoms with van der Waals surface area (Å²) in [6.07, 6.45) is 3.76. The number of hydrogen-bond donors (Lipinski definition) is 2. The molecule has 2 rings (SSSR count). The highest BCUT2D eigenvalue weighted by Crippen LogP contribution is 2.29. The molecular weight excluding hydrogens is 288 g/mol. The molecule has 0 spiro atoms. The molecule has 0 unspecified atom stereocenters. The van der Waals surface area contributed by atoms with Crippen LogP contribution in [0.15, 0.2) is 18.2 Å². The van der Waals surface area contributed by atoms with Gasteiger partial charge in [-0.05, 0) is 30.5 Å². The SMILES string of the molecule is OC1(CNCc2ccc(OC(F)F)c(Cl)c2)CCCC1. The molecule has 2 N–H and O–H groups in total. The Labute approximate surface area is 121 Å². The van der Waals surface area contributed by atoms with E-state index in [1.54, 1.807) is 12.1 Å². The number of ether oxygens (including phenoxy) is 1. The predicted molar refractivity (Wildman–Crippen MR) is 73.2 cm³/mol. The van der Waals surface area contributed by atoms with Crippen molar-refractivity contribution in [2.24, 2.45) is 0 Å². The van der Waals surface area contributed by atoms with E-state index < -0.39 is 12.2 Å². The van der Waals surface area contributed by atoms with Crippen molar-refractivity contribution < 1.29 is 18.6 Å². The fourth-order valence-electron chi connectivity index (χ4n) is 2.50. The van der Waals surface area contributed by atoms with E-state index in [0.29, 0.717) is 13.1 Å². The number of hydrogen-bond acceptors (Lipinski definition) is 3. The zero-order chi connectivity index (χ0) is 14.6. The van der Waals surface area contributed by atoms with Gasteiger partial charge in [0.2, 0.25) is 0 Å². The lowest BCUT2D eigenvalue weighted by atomic mass is 10.0. The van der Waals surface area contributed by atoms with Gasteiger partial charge in [-0.2, -0.15) is 8.78 Å². The highest BCUT2D eigenvalue weighted by Gasteiger charge is 2.30. The third-order valence-corrected chi connectivity index (χ3v) is 3.83.